The van der Waals surface area contributed by atoms with Crippen LogP contribution in [0.5, 0.6) is 5.75 Å². The molecule has 0 aromatic heterocycles. The number of halogens is 1. The van der Waals surface area contributed by atoms with Crippen LogP contribution in [0.2, 0.25) is 0 Å². The minimum Gasteiger partial charge on any atom is -0.551 e. The first kappa shape index (κ1) is 11.6. The first-order valence-electron chi connectivity index (χ1n) is 3.98. The van der Waals surface area contributed by atoms with Gasteiger partial charge in [0, 0.05) is 38.5 Å². The molecule has 2 aromatic carbocycles. The van der Waals surface area contributed by atoms with Crippen molar-refractivity contribution in [1.82, 2.24) is 0 Å². The number of hydrogen-bond donors (Lipinski definition) is 1. The Bertz CT molecular complexity index is 468. The molecule has 0 atom stereocenters. The Balaban J connectivity index is 0.000000980. The van der Waals surface area contributed by atoms with Gasteiger partial charge in [0.15, 0.2) is 0 Å². The van der Waals surface area contributed by atoms with Crippen molar-refractivity contribution in [3.63, 3.8) is 0 Å². The van der Waals surface area contributed by atoms with Gasteiger partial charge in [0.05, 0.1) is 5.82 Å². The standard InChI is InChI=1S/C11H8FO.Y/c1-7-10-4-3-9(13)6-8(10)2-5-11(7)12;/h2-3,5-6,13H,1H3;/q-1;. The van der Waals surface area contributed by atoms with Crippen molar-refractivity contribution in [3.8, 4) is 5.75 Å². The van der Waals surface area contributed by atoms with Crippen LogP contribution >= 0.6 is 0 Å². The Kier molecular flexibility index (Phi) is 3.62. The molecular weight excluding hydrogens is 256 g/mol. The van der Waals surface area contributed by atoms with Crippen LogP contribution < -0.4 is 0 Å². The van der Waals surface area contributed by atoms with Crippen molar-refractivity contribution in [2.75, 3.05) is 0 Å². The molecule has 0 amide bonds. The predicted molar refractivity (Wildman–Crippen MR) is 49.1 cm³/mol. The van der Waals surface area contributed by atoms with Crippen molar-refractivity contribution >= 4 is 10.8 Å². The second kappa shape index (κ2) is 4.37. The zero-order valence-electron chi connectivity index (χ0n) is 7.71. The molecule has 0 fully saturated rings. The summed E-state index contributed by atoms with van der Waals surface area (Å²) in [5.41, 5.74) is 0.567. The van der Waals surface area contributed by atoms with Crippen LogP contribution in [-0.2, 0) is 32.7 Å². The zero-order valence-corrected chi connectivity index (χ0v) is 10.6. The van der Waals surface area contributed by atoms with E-state index in [1.165, 1.54) is 12.1 Å². The van der Waals surface area contributed by atoms with Crippen molar-refractivity contribution in [2.24, 2.45) is 0 Å². The minimum atomic E-state index is -0.241. The van der Waals surface area contributed by atoms with Crippen LogP contribution in [0.4, 0.5) is 4.39 Å². The van der Waals surface area contributed by atoms with Gasteiger partial charge in [-0.05, 0) is 6.07 Å². The van der Waals surface area contributed by atoms with E-state index in [-0.39, 0.29) is 44.3 Å². The molecular formula is C11H8FOY-. The molecule has 2 rings (SSSR count). The van der Waals surface area contributed by atoms with Crippen LogP contribution in [-0.4, -0.2) is 5.11 Å². The summed E-state index contributed by atoms with van der Waals surface area (Å²) in [7, 11) is 0. The smallest absolute Gasteiger partial charge is 0.0845 e. The Morgan fingerprint density at radius 1 is 1.36 bits per heavy atom. The van der Waals surface area contributed by atoms with Gasteiger partial charge in [-0.1, -0.05) is 24.6 Å². The molecule has 0 heterocycles. The number of aromatic hydroxyl groups is 1. The van der Waals surface area contributed by atoms with Crippen molar-refractivity contribution < 1.29 is 42.2 Å². The second-order valence-electron chi connectivity index (χ2n) is 2.99. The number of phenols is 1. The maximum atomic E-state index is 13.1. The van der Waals surface area contributed by atoms with E-state index in [1.807, 2.05) is 0 Å². The van der Waals surface area contributed by atoms with Gasteiger partial charge in [-0.15, -0.1) is 22.9 Å². The monoisotopic (exact) mass is 264 g/mol. The van der Waals surface area contributed by atoms with Crippen LogP contribution in [0.15, 0.2) is 24.3 Å². The van der Waals surface area contributed by atoms with E-state index in [4.69, 9.17) is 5.11 Å². The van der Waals surface area contributed by atoms with Crippen molar-refractivity contribution in [3.05, 3.63) is 41.7 Å². The summed E-state index contributed by atoms with van der Waals surface area (Å²) in [6.45, 7) is 1.70. The van der Waals surface area contributed by atoms with E-state index >= 15 is 0 Å². The Labute approximate surface area is 107 Å². The molecule has 0 saturated heterocycles. The quantitative estimate of drug-likeness (QED) is 0.725. The molecule has 14 heavy (non-hydrogen) atoms. The molecule has 3 heteroatoms. The van der Waals surface area contributed by atoms with Crippen molar-refractivity contribution in [2.45, 2.75) is 6.92 Å². The minimum absolute atomic E-state index is 0. The summed E-state index contributed by atoms with van der Waals surface area (Å²) in [6.07, 6.45) is 0. The molecule has 1 radical (unpaired) electrons. The molecule has 2 aromatic rings. The summed E-state index contributed by atoms with van der Waals surface area (Å²) in [5, 5.41) is 10.7. The van der Waals surface area contributed by atoms with Crippen LogP contribution in [0.1, 0.15) is 5.56 Å². The van der Waals surface area contributed by atoms with Gasteiger partial charge in [-0.3, -0.25) is 0 Å². The molecule has 0 unspecified atom stereocenters. The van der Waals surface area contributed by atoms with Gasteiger partial charge in [0.25, 0.3) is 0 Å². The third-order valence-corrected chi connectivity index (χ3v) is 2.10. The molecule has 69 valence electrons. The zero-order chi connectivity index (χ0) is 9.42. The summed E-state index contributed by atoms with van der Waals surface area (Å²) in [5.74, 6) is -0.0899. The van der Waals surface area contributed by atoms with E-state index in [9.17, 15) is 4.39 Å². The average molecular weight is 264 g/mol. The van der Waals surface area contributed by atoms with Crippen LogP contribution in [0, 0.1) is 18.8 Å². The maximum Gasteiger partial charge on any atom is 0.0845 e. The number of phenolic OH excluding ortho intramolecular Hbond substituents is 1. The van der Waals surface area contributed by atoms with E-state index in [0.717, 1.165) is 10.8 Å². The molecule has 0 aliphatic rings. The fraction of sp³-hybridized carbons (Fsp3) is 0.0909. The topological polar surface area (TPSA) is 20.2 Å². The average Bonchev–Trinajstić information content (AvgIpc) is 2.12. The number of benzene rings is 2. The fourth-order valence-corrected chi connectivity index (χ4v) is 1.37. The molecule has 0 aliphatic carbocycles. The Hall–Kier alpha value is -0.466. The predicted octanol–water partition coefficient (Wildman–Crippen LogP) is 2.79. The van der Waals surface area contributed by atoms with Gasteiger partial charge in [-0.2, -0.15) is 0 Å². The summed E-state index contributed by atoms with van der Waals surface area (Å²) in [4.78, 5) is 0. The number of fused-ring (bicyclic) bond motifs is 1. The normalized spacial score (nSPS) is 9.86. The van der Waals surface area contributed by atoms with Gasteiger partial charge in [-0.25, -0.2) is 4.39 Å². The third kappa shape index (κ3) is 1.96. The van der Waals surface area contributed by atoms with Gasteiger partial charge < -0.3 is 5.11 Å². The number of rotatable bonds is 0. The van der Waals surface area contributed by atoms with E-state index < -0.39 is 0 Å². The number of hydrogen-bond acceptors (Lipinski definition) is 1. The molecule has 0 spiro atoms. The fourth-order valence-electron chi connectivity index (χ4n) is 1.37. The molecule has 0 aliphatic heterocycles. The van der Waals surface area contributed by atoms with Crippen molar-refractivity contribution in [1.29, 1.82) is 0 Å². The van der Waals surface area contributed by atoms with Crippen LogP contribution in [0.3, 0.4) is 0 Å². The van der Waals surface area contributed by atoms with E-state index in [2.05, 4.69) is 6.07 Å². The van der Waals surface area contributed by atoms with E-state index in [0.29, 0.717) is 5.56 Å². The molecule has 1 N–H and O–H groups in total. The first-order valence-corrected chi connectivity index (χ1v) is 3.98. The Morgan fingerprint density at radius 3 is 2.79 bits per heavy atom. The summed E-state index contributed by atoms with van der Waals surface area (Å²) < 4.78 is 13.1. The van der Waals surface area contributed by atoms with Gasteiger partial charge in [0.1, 0.15) is 0 Å². The molecule has 0 saturated carbocycles. The largest absolute Gasteiger partial charge is 0.551 e. The Morgan fingerprint density at radius 2 is 2.07 bits per heavy atom. The molecule has 1 nitrogen and oxygen atoms in total. The summed E-state index contributed by atoms with van der Waals surface area (Å²) >= 11 is 0. The molecule has 0 bridgehead atoms. The van der Waals surface area contributed by atoms with Gasteiger partial charge >= 0.3 is 0 Å². The second-order valence-corrected chi connectivity index (χ2v) is 2.99. The van der Waals surface area contributed by atoms with Crippen LogP contribution in [0.25, 0.3) is 10.8 Å². The van der Waals surface area contributed by atoms with E-state index in [1.54, 1.807) is 19.1 Å². The first-order chi connectivity index (χ1) is 6.18. The maximum absolute atomic E-state index is 13.1. The third-order valence-electron chi connectivity index (χ3n) is 2.10. The summed E-state index contributed by atoms with van der Waals surface area (Å²) in [6, 6.07) is 8.90. The SMILES string of the molecule is Cc1c(F)ccc2cc(O)c[c-]c12.[Y]. The number of aryl methyl sites for hydroxylation is 1. The van der Waals surface area contributed by atoms with Gasteiger partial charge in [0.2, 0.25) is 0 Å².